The lowest BCUT2D eigenvalue weighted by Crippen LogP contribution is -2.62. The first kappa shape index (κ1) is 29.8. The number of esters is 1. The Bertz CT molecular complexity index is 1520. The van der Waals surface area contributed by atoms with Crippen LogP contribution in [0.3, 0.4) is 0 Å². The number of hydrogen-bond donors (Lipinski definition) is 3. The zero-order valence-corrected chi connectivity index (χ0v) is 23.7. The average Bonchev–Trinajstić information content (AvgIpc) is 3.41. The molecule has 1 fully saturated rings. The molecular weight excluding hydrogens is 546 g/mol. The largest absolute Gasteiger partial charge is 0.508 e. The fourth-order valence-electron chi connectivity index (χ4n) is 4.96. The van der Waals surface area contributed by atoms with Crippen molar-refractivity contribution in [3.05, 3.63) is 83.9 Å². The molecule has 4 rings (SSSR count). The number of benzene rings is 3. The molecule has 3 aromatic rings. The second-order valence-electron chi connectivity index (χ2n) is 9.78. The number of sulfonamides is 1. The van der Waals surface area contributed by atoms with Gasteiger partial charge in [0, 0.05) is 30.6 Å². The molecule has 11 heteroatoms. The SMILES string of the molecule is CCCC(=O)NS(=O)(=O)c1ccccc1-c1ccc(CNC2(C(=O)OC)CCCN2C(=O)c2ccc(O)cc2)cc1. The molecule has 0 bridgehead atoms. The minimum Gasteiger partial charge on any atom is -0.508 e. The summed E-state index contributed by atoms with van der Waals surface area (Å²) in [6.07, 6.45) is 1.58. The van der Waals surface area contributed by atoms with Crippen LogP contribution >= 0.6 is 0 Å². The molecular formula is C30H33N3O7S. The van der Waals surface area contributed by atoms with E-state index in [9.17, 15) is 27.9 Å². The van der Waals surface area contributed by atoms with Gasteiger partial charge in [-0.25, -0.2) is 17.9 Å². The number of likely N-dealkylation sites (tertiary alicyclic amines) is 1. The maximum absolute atomic E-state index is 13.3. The number of ether oxygens (including phenoxy) is 1. The molecule has 216 valence electrons. The first-order chi connectivity index (χ1) is 19.6. The Morgan fingerprint density at radius 3 is 2.34 bits per heavy atom. The minimum atomic E-state index is -4.07. The van der Waals surface area contributed by atoms with Gasteiger partial charge in [0.2, 0.25) is 5.91 Å². The third kappa shape index (κ3) is 6.41. The normalized spacial score (nSPS) is 16.8. The Labute approximate surface area is 239 Å². The second-order valence-corrected chi connectivity index (χ2v) is 11.4. The maximum atomic E-state index is 13.3. The van der Waals surface area contributed by atoms with Gasteiger partial charge in [-0.15, -0.1) is 0 Å². The predicted octanol–water partition coefficient (Wildman–Crippen LogP) is 3.56. The Kier molecular flexibility index (Phi) is 9.09. The van der Waals surface area contributed by atoms with Crippen LogP contribution in [0.5, 0.6) is 5.75 Å². The third-order valence-corrected chi connectivity index (χ3v) is 8.45. The summed E-state index contributed by atoms with van der Waals surface area (Å²) < 4.78 is 33.1. The lowest BCUT2D eigenvalue weighted by atomic mass is 10.0. The van der Waals surface area contributed by atoms with Crippen LogP contribution in [-0.4, -0.2) is 55.5 Å². The highest BCUT2D eigenvalue weighted by Gasteiger charge is 2.50. The van der Waals surface area contributed by atoms with Crippen molar-refractivity contribution in [2.24, 2.45) is 0 Å². The van der Waals surface area contributed by atoms with Gasteiger partial charge in [-0.2, -0.15) is 0 Å². The maximum Gasteiger partial charge on any atom is 0.347 e. The van der Waals surface area contributed by atoms with Gasteiger partial charge in [-0.05, 0) is 60.7 Å². The van der Waals surface area contributed by atoms with E-state index in [1.165, 1.54) is 42.3 Å². The molecule has 3 N–H and O–H groups in total. The van der Waals surface area contributed by atoms with Gasteiger partial charge >= 0.3 is 5.97 Å². The predicted molar refractivity (Wildman–Crippen MR) is 152 cm³/mol. The number of rotatable bonds is 10. The number of carbonyl (C=O) groups excluding carboxylic acids is 3. The number of phenolic OH excluding ortho intramolecular Hbond substituents is 1. The molecule has 1 unspecified atom stereocenters. The molecule has 1 saturated heterocycles. The van der Waals surface area contributed by atoms with Crippen LogP contribution in [0.1, 0.15) is 48.5 Å². The Morgan fingerprint density at radius 1 is 1.00 bits per heavy atom. The molecule has 0 radical (unpaired) electrons. The van der Waals surface area contributed by atoms with Crippen molar-refractivity contribution >= 4 is 27.8 Å². The molecule has 10 nitrogen and oxygen atoms in total. The summed E-state index contributed by atoms with van der Waals surface area (Å²) in [5.41, 5.74) is 0.822. The van der Waals surface area contributed by atoms with E-state index >= 15 is 0 Å². The first-order valence-corrected chi connectivity index (χ1v) is 14.8. The molecule has 0 aliphatic carbocycles. The molecule has 41 heavy (non-hydrogen) atoms. The van der Waals surface area contributed by atoms with Gasteiger partial charge in [0.25, 0.3) is 15.9 Å². The summed E-state index contributed by atoms with van der Waals surface area (Å²) in [5.74, 6) is -1.47. The molecule has 3 aromatic carbocycles. The molecule has 1 aliphatic heterocycles. The van der Waals surface area contributed by atoms with Crippen molar-refractivity contribution in [1.82, 2.24) is 14.9 Å². The molecule has 2 amide bonds. The summed E-state index contributed by atoms with van der Waals surface area (Å²) in [6.45, 7) is 2.37. The van der Waals surface area contributed by atoms with E-state index in [0.29, 0.717) is 42.5 Å². The number of hydrogen-bond acceptors (Lipinski definition) is 8. The Balaban J connectivity index is 1.55. The van der Waals surface area contributed by atoms with E-state index in [1.54, 1.807) is 49.4 Å². The lowest BCUT2D eigenvalue weighted by Gasteiger charge is -2.36. The van der Waals surface area contributed by atoms with E-state index in [4.69, 9.17) is 4.74 Å². The first-order valence-electron chi connectivity index (χ1n) is 13.3. The van der Waals surface area contributed by atoms with Gasteiger partial charge in [-0.3, -0.25) is 14.9 Å². The molecule has 0 spiro atoms. The van der Waals surface area contributed by atoms with Crippen LogP contribution < -0.4 is 10.0 Å². The van der Waals surface area contributed by atoms with Crippen molar-refractivity contribution in [2.45, 2.75) is 49.7 Å². The van der Waals surface area contributed by atoms with Crippen molar-refractivity contribution in [3.8, 4) is 16.9 Å². The molecule has 0 saturated carbocycles. The van der Waals surface area contributed by atoms with Crippen molar-refractivity contribution in [2.75, 3.05) is 13.7 Å². The molecule has 0 aromatic heterocycles. The molecule has 1 aliphatic rings. The fourth-order valence-corrected chi connectivity index (χ4v) is 6.21. The van der Waals surface area contributed by atoms with Crippen LogP contribution in [0.4, 0.5) is 0 Å². The Hall–Kier alpha value is -4.22. The number of methoxy groups -OCH3 is 1. The zero-order valence-electron chi connectivity index (χ0n) is 22.9. The van der Waals surface area contributed by atoms with Crippen LogP contribution in [0, 0.1) is 0 Å². The highest BCUT2D eigenvalue weighted by molar-refractivity contribution is 7.90. The van der Waals surface area contributed by atoms with Crippen LogP contribution in [0.2, 0.25) is 0 Å². The van der Waals surface area contributed by atoms with Gasteiger partial charge in [-0.1, -0.05) is 49.4 Å². The van der Waals surface area contributed by atoms with E-state index in [2.05, 4.69) is 10.0 Å². The number of amides is 2. The van der Waals surface area contributed by atoms with E-state index in [-0.39, 0.29) is 29.5 Å². The summed E-state index contributed by atoms with van der Waals surface area (Å²) in [7, 11) is -2.79. The number of carbonyl (C=O) groups is 3. The number of aromatic hydroxyl groups is 1. The van der Waals surface area contributed by atoms with Crippen LogP contribution in [0.15, 0.2) is 77.7 Å². The van der Waals surface area contributed by atoms with Gasteiger partial charge in [0.05, 0.1) is 12.0 Å². The number of phenols is 1. The second kappa shape index (κ2) is 12.5. The van der Waals surface area contributed by atoms with Crippen molar-refractivity contribution in [1.29, 1.82) is 0 Å². The lowest BCUT2D eigenvalue weighted by molar-refractivity contribution is -0.154. The minimum absolute atomic E-state index is 0.00527. The zero-order chi connectivity index (χ0) is 29.6. The topological polar surface area (TPSA) is 142 Å². The summed E-state index contributed by atoms with van der Waals surface area (Å²) in [5, 5.41) is 12.8. The smallest absolute Gasteiger partial charge is 0.347 e. The van der Waals surface area contributed by atoms with E-state index in [0.717, 1.165) is 5.56 Å². The summed E-state index contributed by atoms with van der Waals surface area (Å²) >= 11 is 0. The Morgan fingerprint density at radius 2 is 1.68 bits per heavy atom. The van der Waals surface area contributed by atoms with Crippen LogP contribution in [-0.2, 0) is 30.9 Å². The fraction of sp³-hybridized carbons (Fsp3) is 0.300. The van der Waals surface area contributed by atoms with Gasteiger partial charge in [0.1, 0.15) is 5.75 Å². The van der Waals surface area contributed by atoms with Gasteiger partial charge in [0.15, 0.2) is 5.66 Å². The highest BCUT2D eigenvalue weighted by atomic mass is 32.2. The van der Waals surface area contributed by atoms with E-state index < -0.39 is 27.6 Å². The van der Waals surface area contributed by atoms with E-state index in [1.807, 2.05) is 0 Å². The number of nitrogens with one attached hydrogen (secondary N) is 2. The average molecular weight is 580 g/mol. The quantitative estimate of drug-likeness (QED) is 0.310. The summed E-state index contributed by atoms with van der Waals surface area (Å²) in [4.78, 5) is 39.8. The highest BCUT2D eigenvalue weighted by Crippen LogP contribution is 2.32. The molecule has 1 heterocycles. The van der Waals surface area contributed by atoms with Crippen molar-refractivity contribution < 1.29 is 32.6 Å². The summed E-state index contributed by atoms with van der Waals surface area (Å²) in [6, 6.07) is 19.4. The van der Waals surface area contributed by atoms with Gasteiger partial charge < -0.3 is 14.7 Å². The standard InChI is InChI=1S/C30H33N3O7S/c1-3-7-27(35)32-41(38,39)26-9-5-4-8-25(26)22-12-10-21(11-13-22)20-31-30(29(37)40-2)18-6-19-33(30)28(36)23-14-16-24(34)17-15-23/h4-5,8-17,31,34H,3,6-7,18-20H2,1-2H3,(H,32,35). The molecule has 1 atom stereocenters. The van der Waals surface area contributed by atoms with Crippen molar-refractivity contribution in [3.63, 3.8) is 0 Å². The number of nitrogens with zero attached hydrogens (tertiary/aromatic N) is 1. The van der Waals surface area contributed by atoms with Crippen LogP contribution in [0.25, 0.3) is 11.1 Å². The third-order valence-electron chi connectivity index (χ3n) is 7.02. The monoisotopic (exact) mass is 579 g/mol.